The van der Waals surface area contributed by atoms with E-state index in [9.17, 15) is 5.11 Å². The van der Waals surface area contributed by atoms with Crippen molar-refractivity contribution < 1.29 is 5.11 Å². The Bertz CT molecular complexity index is 154. The van der Waals surface area contributed by atoms with E-state index in [1.807, 2.05) is 6.08 Å². The van der Waals surface area contributed by atoms with Crippen molar-refractivity contribution >= 4 is 0 Å². The van der Waals surface area contributed by atoms with Gasteiger partial charge >= 0.3 is 0 Å². The highest BCUT2D eigenvalue weighted by atomic mass is 16.3. The third kappa shape index (κ3) is 4.02. The predicted octanol–water partition coefficient (Wildman–Crippen LogP) is 2.41. The largest absolute Gasteiger partial charge is 0.393 e. The lowest BCUT2D eigenvalue weighted by atomic mass is 10.1. The maximum Gasteiger partial charge on any atom is 0.0543 e. The first-order chi connectivity index (χ1) is 5.39. The van der Waals surface area contributed by atoms with Crippen molar-refractivity contribution in [1.29, 1.82) is 0 Å². The molecule has 1 aliphatic carbocycles. The molecule has 1 aliphatic rings. The van der Waals surface area contributed by atoms with Crippen LogP contribution in [0.5, 0.6) is 0 Å². The Morgan fingerprint density at radius 3 is 2.82 bits per heavy atom. The van der Waals surface area contributed by atoms with Crippen molar-refractivity contribution in [3.05, 3.63) is 17.9 Å². The fourth-order valence-electron chi connectivity index (χ4n) is 1.30. The van der Waals surface area contributed by atoms with E-state index in [4.69, 9.17) is 0 Å². The molecule has 0 heterocycles. The Labute approximate surface area is 68.4 Å². The molecule has 0 aromatic rings. The second kappa shape index (κ2) is 5.17. The van der Waals surface area contributed by atoms with Gasteiger partial charge in [-0.1, -0.05) is 6.42 Å². The molecule has 1 unspecified atom stereocenters. The quantitative estimate of drug-likeness (QED) is 0.528. The Morgan fingerprint density at radius 1 is 1.09 bits per heavy atom. The minimum atomic E-state index is -0.0776. The summed E-state index contributed by atoms with van der Waals surface area (Å²) in [5.74, 6) is 0. The van der Waals surface area contributed by atoms with Gasteiger partial charge in [0.2, 0.25) is 0 Å². The van der Waals surface area contributed by atoms with E-state index in [-0.39, 0.29) is 6.10 Å². The van der Waals surface area contributed by atoms with Gasteiger partial charge in [-0.25, -0.2) is 0 Å². The SMILES string of the molecule is OC1CCC=C=CCCCC1. The molecular formula is C10H16O. The second-order valence-corrected chi connectivity index (χ2v) is 3.09. The molecule has 0 spiro atoms. The molecule has 1 atom stereocenters. The fourth-order valence-corrected chi connectivity index (χ4v) is 1.30. The Balaban J connectivity index is 2.36. The van der Waals surface area contributed by atoms with Crippen LogP contribution in [0.25, 0.3) is 0 Å². The normalized spacial score (nSPS) is 26.8. The van der Waals surface area contributed by atoms with Crippen molar-refractivity contribution in [3.8, 4) is 0 Å². The zero-order chi connectivity index (χ0) is 7.94. The predicted molar refractivity (Wildman–Crippen MR) is 46.4 cm³/mol. The summed E-state index contributed by atoms with van der Waals surface area (Å²) in [4.78, 5) is 0. The van der Waals surface area contributed by atoms with Gasteiger partial charge in [0.05, 0.1) is 6.10 Å². The van der Waals surface area contributed by atoms with E-state index in [1.54, 1.807) is 0 Å². The van der Waals surface area contributed by atoms with Gasteiger partial charge in [-0.3, -0.25) is 0 Å². The Kier molecular flexibility index (Phi) is 4.03. The van der Waals surface area contributed by atoms with Crippen molar-refractivity contribution in [3.63, 3.8) is 0 Å². The van der Waals surface area contributed by atoms with E-state index in [0.29, 0.717) is 0 Å². The molecule has 1 N–H and O–H groups in total. The maximum atomic E-state index is 9.37. The zero-order valence-corrected chi connectivity index (χ0v) is 6.92. The van der Waals surface area contributed by atoms with Crippen LogP contribution >= 0.6 is 0 Å². The summed E-state index contributed by atoms with van der Waals surface area (Å²) in [5, 5.41) is 9.37. The first-order valence-electron chi connectivity index (χ1n) is 4.47. The zero-order valence-electron chi connectivity index (χ0n) is 6.92. The number of aliphatic hydroxyl groups is 1. The molecule has 1 nitrogen and oxygen atoms in total. The summed E-state index contributed by atoms with van der Waals surface area (Å²) < 4.78 is 0. The average molecular weight is 152 g/mol. The molecule has 62 valence electrons. The van der Waals surface area contributed by atoms with Gasteiger partial charge in [-0.2, -0.15) is 0 Å². The van der Waals surface area contributed by atoms with Crippen molar-refractivity contribution in [2.75, 3.05) is 0 Å². The van der Waals surface area contributed by atoms with Crippen LogP contribution < -0.4 is 0 Å². The summed E-state index contributed by atoms with van der Waals surface area (Å²) in [7, 11) is 0. The number of aliphatic hydroxyl groups excluding tert-OH is 1. The molecular weight excluding hydrogens is 136 g/mol. The second-order valence-electron chi connectivity index (χ2n) is 3.09. The van der Waals surface area contributed by atoms with Crippen LogP contribution in [0.2, 0.25) is 0 Å². The summed E-state index contributed by atoms with van der Waals surface area (Å²) in [6.07, 6.45) is 10.3. The average Bonchev–Trinajstić information content (AvgIpc) is 2.03. The molecule has 0 bridgehead atoms. The molecule has 0 aliphatic heterocycles. The van der Waals surface area contributed by atoms with Gasteiger partial charge < -0.3 is 5.11 Å². The molecule has 0 saturated heterocycles. The van der Waals surface area contributed by atoms with Crippen molar-refractivity contribution in [2.24, 2.45) is 0 Å². The summed E-state index contributed by atoms with van der Waals surface area (Å²) in [6, 6.07) is 0. The molecule has 0 amide bonds. The number of hydrogen-bond acceptors (Lipinski definition) is 1. The first kappa shape index (κ1) is 8.58. The van der Waals surface area contributed by atoms with Crippen LogP contribution in [-0.4, -0.2) is 11.2 Å². The Hall–Kier alpha value is -0.520. The lowest BCUT2D eigenvalue weighted by molar-refractivity contribution is 0.152. The highest BCUT2D eigenvalue weighted by molar-refractivity contribution is 4.86. The minimum absolute atomic E-state index is 0.0776. The van der Waals surface area contributed by atoms with Gasteiger partial charge in [-0.05, 0) is 44.3 Å². The van der Waals surface area contributed by atoms with Gasteiger partial charge in [0.25, 0.3) is 0 Å². The highest BCUT2D eigenvalue weighted by Crippen LogP contribution is 2.10. The molecule has 0 aromatic carbocycles. The molecule has 11 heavy (non-hydrogen) atoms. The smallest absolute Gasteiger partial charge is 0.0543 e. The van der Waals surface area contributed by atoms with Crippen LogP contribution in [0.4, 0.5) is 0 Å². The molecule has 0 fully saturated rings. The number of hydrogen-bond donors (Lipinski definition) is 1. The molecule has 1 rings (SSSR count). The van der Waals surface area contributed by atoms with Crippen molar-refractivity contribution in [2.45, 2.75) is 44.6 Å². The van der Waals surface area contributed by atoms with Crippen LogP contribution in [-0.2, 0) is 0 Å². The van der Waals surface area contributed by atoms with E-state index >= 15 is 0 Å². The van der Waals surface area contributed by atoms with E-state index in [0.717, 1.165) is 32.1 Å². The first-order valence-corrected chi connectivity index (χ1v) is 4.47. The lowest BCUT2D eigenvalue weighted by Crippen LogP contribution is -2.05. The third-order valence-electron chi connectivity index (χ3n) is 2.02. The maximum absolute atomic E-state index is 9.37. The summed E-state index contributed by atoms with van der Waals surface area (Å²) >= 11 is 0. The van der Waals surface area contributed by atoms with E-state index < -0.39 is 0 Å². The number of rotatable bonds is 0. The van der Waals surface area contributed by atoms with E-state index in [2.05, 4.69) is 11.8 Å². The van der Waals surface area contributed by atoms with Gasteiger partial charge in [0, 0.05) is 0 Å². The lowest BCUT2D eigenvalue weighted by Gasteiger charge is -2.08. The summed E-state index contributed by atoms with van der Waals surface area (Å²) in [6.45, 7) is 0. The topological polar surface area (TPSA) is 20.2 Å². The standard InChI is InChI=1S/C10H16O/c11-10-8-6-4-2-1-3-5-7-9-10/h1,5,10-11H,2,4,6-9H2. The van der Waals surface area contributed by atoms with Crippen molar-refractivity contribution in [1.82, 2.24) is 0 Å². The monoisotopic (exact) mass is 152 g/mol. The van der Waals surface area contributed by atoms with Crippen LogP contribution in [0.15, 0.2) is 17.9 Å². The van der Waals surface area contributed by atoms with Gasteiger partial charge in [0.1, 0.15) is 0 Å². The third-order valence-corrected chi connectivity index (χ3v) is 2.02. The summed E-state index contributed by atoms with van der Waals surface area (Å²) in [5.41, 5.74) is 3.11. The van der Waals surface area contributed by atoms with Gasteiger partial charge in [-0.15, -0.1) is 5.73 Å². The highest BCUT2D eigenvalue weighted by Gasteiger charge is 2.01. The fraction of sp³-hybridized carbons (Fsp3) is 0.700. The van der Waals surface area contributed by atoms with E-state index in [1.165, 1.54) is 6.42 Å². The molecule has 0 aromatic heterocycles. The van der Waals surface area contributed by atoms with Crippen LogP contribution in [0.1, 0.15) is 38.5 Å². The van der Waals surface area contributed by atoms with Crippen LogP contribution in [0, 0.1) is 0 Å². The Morgan fingerprint density at radius 2 is 1.91 bits per heavy atom. The van der Waals surface area contributed by atoms with Gasteiger partial charge in [0.15, 0.2) is 0 Å². The number of allylic oxidation sites excluding steroid dienone is 1. The molecule has 0 saturated carbocycles. The molecule has 0 radical (unpaired) electrons. The minimum Gasteiger partial charge on any atom is -0.393 e. The van der Waals surface area contributed by atoms with Crippen LogP contribution in [0.3, 0.4) is 0 Å². The molecule has 1 heteroatoms.